The number of rotatable bonds is 14. The molecule has 0 aromatic heterocycles. The predicted molar refractivity (Wildman–Crippen MR) is 106 cm³/mol. The molecule has 0 aliphatic carbocycles. The first-order valence-electron chi connectivity index (χ1n) is 9.24. The van der Waals surface area contributed by atoms with Crippen molar-refractivity contribution in [2.75, 3.05) is 26.4 Å². The molecule has 4 heteroatoms. The zero-order valence-corrected chi connectivity index (χ0v) is 16.0. The first kappa shape index (κ1) is 21.4. The average molecular weight is 347 g/mol. The smallest absolute Gasteiger partial charge is 0.0717 e. The van der Waals surface area contributed by atoms with Crippen LogP contribution in [0.5, 0.6) is 0 Å². The van der Waals surface area contributed by atoms with Crippen LogP contribution in [0.4, 0.5) is 0 Å². The highest BCUT2D eigenvalue weighted by Crippen LogP contribution is 2.17. The fraction of sp³-hybridized carbons (Fsp3) is 0.524. The highest BCUT2D eigenvalue weighted by atomic mass is 16.6. The lowest BCUT2D eigenvalue weighted by atomic mass is 10.0. The molecule has 0 fully saturated rings. The lowest BCUT2D eigenvalue weighted by Crippen LogP contribution is -2.24. The molecule has 0 radical (unpaired) electrons. The number of allylic oxidation sites excluding steroid dienone is 1. The van der Waals surface area contributed by atoms with Gasteiger partial charge in [0.05, 0.1) is 18.9 Å². The molecule has 140 valence electrons. The van der Waals surface area contributed by atoms with Gasteiger partial charge < -0.3 is 10.1 Å². The van der Waals surface area contributed by atoms with Crippen molar-refractivity contribution in [2.24, 2.45) is 5.92 Å². The molecule has 1 aromatic rings. The van der Waals surface area contributed by atoms with Gasteiger partial charge >= 0.3 is 0 Å². The van der Waals surface area contributed by atoms with Crippen LogP contribution in [0, 0.1) is 5.92 Å². The molecule has 0 bridgehead atoms. The maximum absolute atomic E-state index is 5.87. The number of hydrogen-bond acceptors (Lipinski definition) is 4. The van der Waals surface area contributed by atoms with E-state index < -0.39 is 0 Å². The van der Waals surface area contributed by atoms with Crippen molar-refractivity contribution in [3.05, 3.63) is 54.6 Å². The summed E-state index contributed by atoms with van der Waals surface area (Å²) in [7, 11) is 0. The Hall–Kier alpha value is -1.62. The van der Waals surface area contributed by atoms with Gasteiger partial charge in [-0.25, -0.2) is 0 Å². The lowest BCUT2D eigenvalue weighted by molar-refractivity contribution is 0.0881. The molecule has 0 saturated carbocycles. The third kappa shape index (κ3) is 10.1. The van der Waals surface area contributed by atoms with Crippen molar-refractivity contribution in [3.63, 3.8) is 0 Å². The van der Waals surface area contributed by atoms with Crippen LogP contribution in [-0.2, 0) is 9.57 Å². The third-order valence-corrected chi connectivity index (χ3v) is 3.63. The van der Waals surface area contributed by atoms with Gasteiger partial charge in [0.15, 0.2) is 0 Å². The molecular formula is C21H34N2O2. The van der Waals surface area contributed by atoms with Gasteiger partial charge in [-0.15, -0.1) is 6.58 Å². The maximum Gasteiger partial charge on any atom is 0.0717 e. The van der Waals surface area contributed by atoms with Crippen molar-refractivity contribution < 1.29 is 9.57 Å². The molecule has 2 N–H and O–H groups in total. The SMILES string of the molecule is C=CCC(C=C(NOCC)c1ccccc1)COCCCNC(C)C. The van der Waals surface area contributed by atoms with E-state index in [1.165, 1.54) is 0 Å². The van der Waals surface area contributed by atoms with E-state index in [-0.39, 0.29) is 5.92 Å². The van der Waals surface area contributed by atoms with Crippen LogP contribution >= 0.6 is 0 Å². The Morgan fingerprint density at radius 1 is 1.24 bits per heavy atom. The second kappa shape index (κ2) is 13.6. The summed E-state index contributed by atoms with van der Waals surface area (Å²) in [6.45, 7) is 13.2. The summed E-state index contributed by atoms with van der Waals surface area (Å²) in [6.07, 6.45) is 6.01. The van der Waals surface area contributed by atoms with E-state index in [9.17, 15) is 0 Å². The molecule has 4 nitrogen and oxygen atoms in total. The monoisotopic (exact) mass is 346 g/mol. The summed E-state index contributed by atoms with van der Waals surface area (Å²) < 4.78 is 5.87. The van der Waals surface area contributed by atoms with Gasteiger partial charge in [0.1, 0.15) is 0 Å². The second-order valence-electron chi connectivity index (χ2n) is 6.30. The molecule has 0 saturated heterocycles. The Morgan fingerprint density at radius 3 is 2.64 bits per heavy atom. The van der Waals surface area contributed by atoms with E-state index in [1.54, 1.807) is 0 Å². The van der Waals surface area contributed by atoms with Crippen LogP contribution in [0.25, 0.3) is 5.70 Å². The predicted octanol–water partition coefficient (Wildman–Crippen LogP) is 4.17. The number of nitrogens with one attached hydrogen (secondary N) is 2. The molecular weight excluding hydrogens is 312 g/mol. The summed E-state index contributed by atoms with van der Waals surface area (Å²) in [5, 5.41) is 3.40. The van der Waals surface area contributed by atoms with Crippen molar-refractivity contribution >= 4 is 5.70 Å². The Kier molecular flexibility index (Phi) is 11.7. The van der Waals surface area contributed by atoms with Crippen LogP contribution in [0.3, 0.4) is 0 Å². The normalized spacial score (nSPS) is 13.0. The van der Waals surface area contributed by atoms with Crippen molar-refractivity contribution in [1.29, 1.82) is 0 Å². The lowest BCUT2D eigenvalue weighted by Gasteiger charge is -2.16. The molecule has 1 atom stereocenters. The number of ether oxygens (including phenoxy) is 1. The van der Waals surface area contributed by atoms with E-state index in [0.29, 0.717) is 19.3 Å². The van der Waals surface area contributed by atoms with Gasteiger partial charge in [-0.05, 0) is 31.9 Å². The summed E-state index contributed by atoms with van der Waals surface area (Å²) in [4.78, 5) is 5.42. The maximum atomic E-state index is 5.87. The van der Waals surface area contributed by atoms with Crippen LogP contribution in [0.2, 0.25) is 0 Å². The van der Waals surface area contributed by atoms with Crippen LogP contribution < -0.4 is 10.8 Å². The Morgan fingerprint density at radius 2 is 2.00 bits per heavy atom. The number of hydrogen-bond donors (Lipinski definition) is 2. The van der Waals surface area contributed by atoms with E-state index >= 15 is 0 Å². The Bertz CT molecular complexity index is 486. The highest BCUT2D eigenvalue weighted by molar-refractivity contribution is 5.63. The molecule has 25 heavy (non-hydrogen) atoms. The third-order valence-electron chi connectivity index (χ3n) is 3.63. The Balaban J connectivity index is 2.60. The standard InChI is InChI=1S/C21H34N2O2/c1-5-11-19(17-24-15-10-14-22-18(3)4)16-21(23-25-6-2)20-12-8-7-9-13-20/h5,7-9,12-13,16,18-19,22-23H,1,6,10-11,14-15,17H2,2-4H3. The molecule has 1 rings (SSSR count). The minimum Gasteiger partial charge on any atom is -0.381 e. The van der Waals surface area contributed by atoms with E-state index in [0.717, 1.165) is 37.3 Å². The molecule has 0 spiro atoms. The zero-order valence-electron chi connectivity index (χ0n) is 16.0. The van der Waals surface area contributed by atoms with Crippen molar-refractivity contribution in [1.82, 2.24) is 10.8 Å². The van der Waals surface area contributed by atoms with Gasteiger partial charge in [-0.1, -0.05) is 56.3 Å². The first-order valence-corrected chi connectivity index (χ1v) is 9.24. The molecule has 0 heterocycles. The number of hydroxylamine groups is 1. The summed E-state index contributed by atoms with van der Waals surface area (Å²) in [6, 6.07) is 10.7. The van der Waals surface area contributed by atoms with Gasteiger partial charge in [0, 0.05) is 18.6 Å². The average Bonchev–Trinajstić information content (AvgIpc) is 2.61. The van der Waals surface area contributed by atoms with Crippen molar-refractivity contribution in [3.8, 4) is 0 Å². The molecule has 1 aromatic carbocycles. The quantitative estimate of drug-likeness (QED) is 0.301. The summed E-state index contributed by atoms with van der Waals surface area (Å²) in [5.74, 6) is 0.263. The van der Waals surface area contributed by atoms with Crippen LogP contribution in [0.1, 0.15) is 39.2 Å². The van der Waals surface area contributed by atoms with E-state index in [4.69, 9.17) is 9.57 Å². The van der Waals surface area contributed by atoms with E-state index in [1.807, 2.05) is 31.2 Å². The topological polar surface area (TPSA) is 42.5 Å². The van der Waals surface area contributed by atoms with Crippen molar-refractivity contribution in [2.45, 2.75) is 39.7 Å². The largest absolute Gasteiger partial charge is 0.381 e. The van der Waals surface area contributed by atoms with Crippen LogP contribution in [0.15, 0.2) is 49.1 Å². The van der Waals surface area contributed by atoms with Gasteiger partial charge in [-0.2, -0.15) is 0 Å². The van der Waals surface area contributed by atoms with Gasteiger partial charge in [-0.3, -0.25) is 10.3 Å². The molecule has 0 aliphatic heterocycles. The second-order valence-corrected chi connectivity index (χ2v) is 6.30. The molecule has 1 unspecified atom stereocenters. The molecule has 0 amide bonds. The zero-order chi connectivity index (χ0) is 18.3. The fourth-order valence-corrected chi connectivity index (χ4v) is 2.39. The Labute approximate surface area is 153 Å². The van der Waals surface area contributed by atoms with Gasteiger partial charge in [0.2, 0.25) is 0 Å². The molecule has 0 aliphatic rings. The van der Waals surface area contributed by atoms with E-state index in [2.05, 4.69) is 49.4 Å². The minimum absolute atomic E-state index is 0.263. The summed E-state index contributed by atoms with van der Waals surface area (Å²) >= 11 is 0. The minimum atomic E-state index is 0.263. The highest BCUT2D eigenvalue weighted by Gasteiger charge is 2.09. The van der Waals surface area contributed by atoms with Crippen LogP contribution in [-0.4, -0.2) is 32.4 Å². The first-order chi connectivity index (χ1) is 12.2. The fourth-order valence-electron chi connectivity index (χ4n) is 2.39. The number of benzene rings is 1. The summed E-state index contributed by atoms with van der Waals surface area (Å²) in [5.41, 5.74) is 5.13. The van der Waals surface area contributed by atoms with Gasteiger partial charge in [0.25, 0.3) is 0 Å².